The molecule has 0 aromatic heterocycles. The molecule has 1 unspecified atom stereocenters. The SMILES string of the molecule is NC(CCO)c1cc(O)c(O)cc1O. The van der Waals surface area contributed by atoms with Gasteiger partial charge in [0.05, 0.1) is 0 Å². The van der Waals surface area contributed by atoms with Crippen LogP contribution in [-0.2, 0) is 0 Å². The van der Waals surface area contributed by atoms with E-state index in [4.69, 9.17) is 21.1 Å². The Morgan fingerprint density at radius 1 is 1.07 bits per heavy atom. The highest BCUT2D eigenvalue weighted by Crippen LogP contribution is 2.35. The number of aliphatic hydroxyl groups excluding tert-OH is 1. The van der Waals surface area contributed by atoms with Crippen molar-refractivity contribution >= 4 is 0 Å². The molecule has 6 N–H and O–H groups in total. The number of benzene rings is 1. The standard InChI is InChI=1S/C9H13NO4/c10-6(1-2-11)5-3-8(13)9(14)4-7(5)12/h3-4,6,11-14H,1-2,10H2. The minimum absolute atomic E-state index is 0.109. The van der Waals surface area contributed by atoms with E-state index in [0.29, 0.717) is 5.56 Å². The fourth-order valence-corrected chi connectivity index (χ4v) is 1.17. The van der Waals surface area contributed by atoms with Gasteiger partial charge in [-0.1, -0.05) is 0 Å². The predicted molar refractivity (Wildman–Crippen MR) is 50.1 cm³/mol. The van der Waals surface area contributed by atoms with Crippen LogP contribution in [0.25, 0.3) is 0 Å². The number of hydrogen-bond acceptors (Lipinski definition) is 5. The average molecular weight is 199 g/mol. The number of aromatic hydroxyl groups is 3. The number of hydrogen-bond donors (Lipinski definition) is 5. The molecular weight excluding hydrogens is 186 g/mol. The Morgan fingerprint density at radius 2 is 1.64 bits per heavy atom. The van der Waals surface area contributed by atoms with Crippen LogP contribution in [0.15, 0.2) is 12.1 Å². The van der Waals surface area contributed by atoms with Gasteiger partial charge in [-0.25, -0.2) is 0 Å². The summed E-state index contributed by atoms with van der Waals surface area (Å²) in [6.45, 7) is -0.109. The second-order valence-electron chi connectivity index (χ2n) is 3.02. The number of phenolic OH excluding ortho intramolecular Hbond substituents is 3. The first-order valence-electron chi connectivity index (χ1n) is 4.17. The molecule has 0 bridgehead atoms. The van der Waals surface area contributed by atoms with Crippen LogP contribution in [0.1, 0.15) is 18.0 Å². The summed E-state index contributed by atoms with van der Waals surface area (Å²) in [5.41, 5.74) is 5.91. The second kappa shape index (κ2) is 4.17. The Kier molecular flexibility index (Phi) is 3.16. The van der Waals surface area contributed by atoms with Gasteiger partial charge >= 0.3 is 0 Å². The van der Waals surface area contributed by atoms with Crippen molar-refractivity contribution in [2.75, 3.05) is 6.61 Å². The molecule has 1 atom stereocenters. The summed E-state index contributed by atoms with van der Waals surface area (Å²) in [4.78, 5) is 0. The normalized spacial score (nSPS) is 12.7. The van der Waals surface area contributed by atoms with E-state index in [1.54, 1.807) is 0 Å². The summed E-state index contributed by atoms with van der Waals surface area (Å²) in [7, 11) is 0. The lowest BCUT2D eigenvalue weighted by molar-refractivity contribution is 0.275. The van der Waals surface area contributed by atoms with Crippen molar-refractivity contribution in [2.45, 2.75) is 12.5 Å². The Labute approximate surface area is 81.0 Å². The van der Waals surface area contributed by atoms with Crippen molar-refractivity contribution in [3.63, 3.8) is 0 Å². The molecule has 1 rings (SSSR count). The fourth-order valence-electron chi connectivity index (χ4n) is 1.17. The zero-order valence-electron chi connectivity index (χ0n) is 7.51. The molecule has 0 radical (unpaired) electrons. The van der Waals surface area contributed by atoms with Gasteiger partial charge in [-0.05, 0) is 12.5 Å². The topological polar surface area (TPSA) is 107 Å². The van der Waals surface area contributed by atoms with Gasteiger partial charge in [-0.2, -0.15) is 0 Å². The van der Waals surface area contributed by atoms with Crippen LogP contribution in [0.5, 0.6) is 17.2 Å². The van der Waals surface area contributed by atoms with Gasteiger partial charge in [0.25, 0.3) is 0 Å². The lowest BCUT2D eigenvalue weighted by Gasteiger charge is -2.13. The van der Waals surface area contributed by atoms with E-state index < -0.39 is 11.8 Å². The smallest absolute Gasteiger partial charge is 0.161 e. The van der Waals surface area contributed by atoms with E-state index in [1.165, 1.54) is 6.07 Å². The summed E-state index contributed by atoms with van der Waals surface area (Å²) < 4.78 is 0. The fraction of sp³-hybridized carbons (Fsp3) is 0.333. The van der Waals surface area contributed by atoms with Gasteiger partial charge in [-0.15, -0.1) is 0 Å². The van der Waals surface area contributed by atoms with E-state index in [9.17, 15) is 5.11 Å². The number of phenols is 3. The highest BCUT2D eigenvalue weighted by molar-refractivity contribution is 5.49. The van der Waals surface area contributed by atoms with Crippen molar-refractivity contribution in [1.82, 2.24) is 0 Å². The summed E-state index contributed by atoms with van der Waals surface area (Å²) in [5, 5.41) is 36.2. The molecule has 0 saturated carbocycles. The first kappa shape index (κ1) is 10.6. The Hall–Kier alpha value is -1.46. The molecule has 78 valence electrons. The van der Waals surface area contributed by atoms with E-state index in [0.717, 1.165) is 6.07 Å². The maximum absolute atomic E-state index is 9.38. The van der Waals surface area contributed by atoms with Crippen molar-refractivity contribution in [2.24, 2.45) is 5.73 Å². The van der Waals surface area contributed by atoms with Crippen LogP contribution in [0.2, 0.25) is 0 Å². The second-order valence-corrected chi connectivity index (χ2v) is 3.02. The van der Waals surface area contributed by atoms with E-state index in [-0.39, 0.29) is 24.5 Å². The molecule has 0 fully saturated rings. The van der Waals surface area contributed by atoms with Crippen molar-refractivity contribution in [3.05, 3.63) is 17.7 Å². The van der Waals surface area contributed by atoms with Crippen LogP contribution in [-0.4, -0.2) is 27.0 Å². The average Bonchev–Trinajstić information content (AvgIpc) is 2.11. The van der Waals surface area contributed by atoms with Crippen LogP contribution in [0, 0.1) is 0 Å². The van der Waals surface area contributed by atoms with E-state index in [1.807, 2.05) is 0 Å². The third-order valence-corrected chi connectivity index (χ3v) is 1.96. The molecule has 14 heavy (non-hydrogen) atoms. The molecule has 5 heteroatoms. The quantitative estimate of drug-likeness (QED) is 0.353. The monoisotopic (exact) mass is 199 g/mol. The molecule has 1 aromatic carbocycles. The Balaban J connectivity index is 3.02. The molecule has 0 heterocycles. The number of aliphatic hydroxyl groups is 1. The van der Waals surface area contributed by atoms with Crippen molar-refractivity contribution in [3.8, 4) is 17.2 Å². The van der Waals surface area contributed by atoms with Gasteiger partial charge in [-0.3, -0.25) is 0 Å². The highest BCUT2D eigenvalue weighted by atomic mass is 16.3. The minimum Gasteiger partial charge on any atom is -0.507 e. The maximum atomic E-state index is 9.38. The van der Waals surface area contributed by atoms with Crippen LogP contribution in [0.3, 0.4) is 0 Å². The van der Waals surface area contributed by atoms with Crippen LogP contribution in [0.4, 0.5) is 0 Å². The van der Waals surface area contributed by atoms with Crippen molar-refractivity contribution in [1.29, 1.82) is 0 Å². The largest absolute Gasteiger partial charge is 0.507 e. The molecule has 1 aromatic rings. The number of rotatable bonds is 3. The molecule has 0 saturated heterocycles. The van der Waals surface area contributed by atoms with Crippen molar-refractivity contribution < 1.29 is 20.4 Å². The zero-order valence-corrected chi connectivity index (χ0v) is 7.51. The lowest BCUT2D eigenvalue weighted by atomic mass is 10.0. The van der Waals surface area contributed by atoms with E-state index in [2.05, 4.69) is 0 Å². The molecule has 0 aliphatic heterocycles. The summed E-state index contributed by atoms with van der Waals surface area (Å²) in [6, 6.07) is 1.64. The maximum Gasteiger partial charge on any atom is 0.161 e. The van der Waals surface area contributed by atoms with Crippen LogP contribution < -0.4 is 5.73 Å². The Bertz CT molecular complexity index is 327. The van der Waals surface area contributed by atoms with Gasteiger partial charge in [0.2, 0.25) is 0 Å². The van der Waals surface area contributed by atoms with Gasteiger partial charge in [0, 0.05) is 24.3 Å². The number of nitrogens with two attached hydrogens (primary N) is 1. The predicted octanol–water partition coefficient (Wildman–Crippen LogP) is 0.186. The zero-order chi connectivity index (χ0) is 10.7. The van der Waals surface area contributed by atoms with Gasteiger partial charge in [0.15, 0.2) is 11.5 Å². The minimum atomic E-state index is -0.563. The molecule has 5 nitrogen and oxygen atoms in total. The molecular formula is C9H13NO4. The van der Waals surface area contributed by atoms with E-state index >= 15 is 0 Å². The molecule has 0 aliphatic carbocycles. The summed E-state index contributed by atoms with van der Waals surface area (Å²) >= 11 is 0. The third kappa shape index (κ3) is 2.07. The highest BCUT2D eigenvalue weighted by Gasteiger charge is 2.13. The first-order chi connectivity index (χ1) is 6.56. The molecule has 0 spiro atoms. The summed E-state index contributed by atoms with van der Waals surface area (Å²) in [5.74, 6) is -0.935. The first-order valence-corrected chi connectivity index (χ1v) is 4.17. The molecule has 0 aliphatic rings. The summed E-state index contributed by atoms with van der Waals surface area (Å²) in [6.07, 6.45) is 0.276. The lowest BCUT2D eigenvalue weighted by Crippen LogP contribution is -2.11. The molecule has 0 amide bonds. The van der Waals surface area contributed by atoms with Gasteiger partial charge < -0.3 is 26.2 Å². The third-order valence-electron chi connectivity index (χ3n) is 1.96. The van der Waals surface area contributed by atoms with Gasteiger partial charge in [0.1, 0.15) is 5.75 Å². The Morgan fingerprint density at radius 3 is 2.21 bits per heavy atom. The van der Waals surface area contributed by atoms with Crippen LogP contribution >= 0.6 is 0 Å².